The van der Waals surface area contributed by atoms with E-state index in [1.165, 1.54) is 0 Å². The van der Waals surface area contributed by atoms with E-state index in [1.54, 1.807) is 7.11 Å². The predicted octanol–water partition coefficient (Wildman–Crippen LogP) is -0.158. The molecule has 0 bridgehead atoms. The molecule has 0 aromatic rings. The van der Waals surface area contributed by atoms with E-state index in [9.17, 15) is 4.79 Å². The Hall–Kier alpha value is -0.650. The molecule has 1 rings (SSSR count). The van der Waals surface area contributed by atoms with E-state index in [0.29, 0.717) is 19.1 Å². The second kappa shape index (κ2) is 7.63. The summed E-state index contributed by atoms with van der Waals surface area (Å²) >= 11 is 0. The molecule has 0 radical (unpaired) electrons. The van der Waals surface area contributed by atoms with E-state index in [2.05, 4.69) is 10.2 Å². The molecule has 17 heavy (non-hydrogen) atoms. The summed E-state index contributed by atoms with van der Waals surface area (Å²) in [6.07, 6.45) is 1.96. The lowest BCUT2D eigenvalue weighted by Gasteiger charge is -2.34. The average Bonchev–Trinajstić information content (AvgIpc) is 2.38. The van der Waals surface area contributed by atoms with Crippen LogP contribution in [-0.4, -0.2) is 61.9 Å². The summed E-state index contributed by atoms with van der Waals surface area (Å²) in [5.74, 6) is 0.472. The van der Waals surface area contributed by atoms with Crippen molar-refractivity contribution in [2.75, 3.05) is 40.0 Å². The van der Waals surface area contributed by atoms with Crippen LogP contribution in [0, 0.1) is 5.92 Å². The quantitative estimate of drug-likeness (QED) is 0.638. The van der Waals surface area contributed by atoms with Crippen LogP contribution in [0.2, 0.25) is 0 Å². The molecule has 0 aliphatic carbocycles. The highest BCUT2D eigenvalue weighted by Crippen LogP contribution is 2.18. The van der Waals surface area contributed by atoms with Gasteiger partial charge in [-0.2, -0.15) is 0 Å². The summed E-state index contributed by atoms with van der Waals surface area (Å²) in [5, 5.41) is 11.9. The first-order valence-corrected chi connectivity index (χ1v) is 6.30. The summed E-state index contributed by atoms with van der Waals surface area (Å²) < 4.78 is 4.89. The molecule has 5 heteroatoms. The lowest BCUT2D eigenvalue weighted by Crippen LogP contribution is -2.49. The molecule has 1 atom stereocenters. The van der Waals surface area contributed by atoms with E-state index in [0.717, 1.165) is 25.9 Å². The number of likely N-dealkylation sites (tertiary alicyclic amines) is 1. The van der Waals surface area contributed by atoms with Gasteiger partial charge in [0.25, 0.3) is 0 Å². The Bertz CT molecular complexity index is 228. The van der Waals surface area contributed by atoms with Gasteiger partial charge in [0.1, 0.15) is 0 Å². The van der Waals surface area contributed by atoms with Gasteiger partial charge in [0.2, 0.25) is 5.91 Å². The van der Waals surface area contributed by atoms with E-state index in [-0.39, 0.29) is 18.6 Å². The fourth-order valence-electron chi connectivity index (χ4n) is 2.11. The van der Waals surface area contributed by atoms with Gasteiger partial charge in [-0.1, -0.05) is 0 Å². The first-order chi connectivity index (χ1) is 8.19. The van der Waals surface area contributed by atoms with E-state index in [4.69, 9.17) is 9.84 Å². The maximum absolute atomic E-state index is 11.8. The number of nitrogens with zero attached hydrogens (tertiary/aromatic N) is 1. The predicted molar refractivity (Wildman–Crippen MR) is 65.7 cm³/mol. The maximum atomic E-state index is 11.8. The number of nitrogens with one attached hydrogen (secondary N) is 1. The Morgan fingerprint density at radius 2 is 2.18 bits per heavy atom. The van der Waals surface area contributed by atoms with Crippen LogP contribution in [0.25, 0.3) is 0 Å². The largest absolute Gasteiger partial charge is 0.396 e. The van der Waals surface area contributed by atoms with Gasteiger partial charge in [-0.15, -0.1) is 0 Å². The minimum atomic E-state index is -0.0912. The zero-order chi connectivity index (χ0) is 12.7. The second-order valence-electron chi connectivity index (χ2n) is 4.62. The molecule has 1 heterocycles. The van der Waals surface area contributed by atoms with Gasteiger partial charge in [0, 0.05) is 20.3 Å². The summed E-state index contributed by atoms with van der Waals surface area (Å²) in [6, 6.07) is -0.0912. The summed E-state index contributed by atoms with van der Waals surface area (Å²) in [7, 11) is 1.62. The normalized spacial score (nSPS) is 20.2. The number of hydrogen-bond acceptors (Lipinski definition) is 4. The van der Waals surface area contributed by atoms with Crippen molar-refractivity contribution in [1.82, 2.24) is 10.2 Å². The van der Waals surface area contributed by atoms with Gasteiger partial charge in [-0.25, -0.2) is 0 Å². The molecule has 1 aliphatic rings. The molecule has 1 saturated heterocycles. The van der Waals surface area contributed by atoms with Crippen LogP contribution < -0.4 is 5.32 Å². The highest BCUT2D eigenvalue weighted by Gasteiger charge is 2.25. The molecule has 100 valence electrons. The van der Waals surface area contributed by atoms with Crippen molar-refractivity contribution in [3.8, 4) is 0 Å². The van der Waals surface area contributed by atoms with Crippen LogP contribution in [0.5, 0.6) is 0 Å². The standard InChI is InChI=1S/C12H24N2O3/c1-10(12(16)13-5-8-17-2)14-6-3-11(9-15)4-7-14/h10-11,15H,3-9H2,1-2H3,(H,13,16). The van der Waals surface area contributed by atoms with Gasteiger partial charge >= 0.3 is 0 Å². The average molecular weight is 244 g/mol. The Balaban J connectivity index is 2.27. The molecular weight excluding hydrogens is 220 g/mol. The molecule has 0 aromatic heterocycles. The Morgan fingerprint density at radius 3 is 2.71 bits per heavy atom. The Labute approximate surface area is 103 Å². The molecule has 1 aliphatic heterocycles. The molecule has 0 aromatic carbocycles. The molecule has 1 unspecified atom stereocenters. The molecule has 2 N–H and O–H groups in total. The zero-order valence-electron chi connectivity index (χ0n) is 10.8. The lowest BCUT2D eigenvalue weighted by atomic mass is 9.97. The minimum Gasteiger partial charge on any atom is -0.396 e. The van der Waals surface area contributed by atoms with Crippen molar-refractivity contribution in [3.05, 3.63) is 0 Å². The van der Waals surface area contributed by atoms with Crippen molar-refractivity contribution >= 4 is 5.91 Å². The van der Waals surface area contributed by atoms with Crippen molar-refractivity contribution < 1.29 is 14.6 Å². The highest BCUT2D eigenvalue weighted by atomic mass is 16.5. The zero-order valence-corrected chi connectivity index (χ0v) is 10.8. The monoisotopic (exact) mass is 244 g/mol. The molecule has 0 spiro atoms. The van der Waals surface area contributed by atoms with Gasteiger partial charge in [-0.3, -0.25) is 9.69 Å². The number of aliphatic hydroxyl groups is 1. The summed E-state index contributed by atoms with van der Waals surface area (Å²) in [4.78, 5) is 14.0. The van der Waals surface area contributed by atoms with Crippen LogP contribution in [0.15, 0.2) is 0 Å². The van der Waals surface area contributed by atoms with Gasteiger partial charge in [0.15, 0.2) is 0 Å². The fraction of sp³-hybridized carbons (Fsp3) is 0.917. The molecule has 5 nitrogen and oxygen atoms in total. The third-order valence-electron chi connectivity index (χ3n) is 3.44. The van der Waals surface area contributed by atoms with Gasteiger partial charge < -0.3 is 15.2 Å². The molecule has 1 fully saturated rings. The third kappa shape index (κ3) is 4.61. The van der Waals surface area contributed by atoms with E-state index in [1.807, 2.05) is 6.92 Å². The first-order valence-electron chi connectivity index (χ1n) is 6.30. The van der Waals surface area contributed by atoms with E-state index < -0.39 is 0 Å². The number of hydrogen-bond donors (Lipinski definition) is 2. The number of rotatable bonds is 6. The van der Waals surface area contributed by atoms with Gasteiger partial charge in [-0.05, 0) is 38.8 Å². The van der Waals surface area contributed by atoms with Crippen LogP contribution in [0.3, 0.4) is 0 Å². The Morgan fingerprint density at radius 1 is 1.53 bits per heavy atom. The maximum Gasteiger partial charge on any atom is 0.237 e. The number of carbonyl (C=O) groups is 1. The fourth-order valence-corrected chi connectivity index (χ4v) is 2.11. The topological polar surface area (TPSA) is 61.8 Å². The van der Waals surface area contributed by atoms with Crippen molar-refractivity contribution in [2.45, 2.75) is 25.8 Å². The lowest BCUT2D eigenvalue weighted by molar-refractivity contribution is -0.126. The summed E-state index contributed by atoms with van der Waals surface area (Å²) in [6.45, 7) is 5.09. The number of piperidine rings is 1. The highest BCUT2D eigenvalue weighted by molar-refractivity contribution is 5.81. The second-order valence-corrected chi connectivity index (χ2v) is 4.62. The minimum absolute atomic E-state index is 0.0597. The first kappa shape index (κ1) is 14.4. The third-order valence-corrected chi connectivity index (χ3v) is 3.44. The van der Waals surface area contributed by atoms with Crippen molar-refractivity contribution in [2.24, 2.45) is 5.92 Å². The van der Waals surface area contributed by atoms with Gasteiger partial charge in [0.05, 0.1) is 12.6 Å². The number of aliphatic hydroxyl groups excluding tert-OH is 1. The number of methoxy groups -OCH3 is 1. The van der Waals surface area contributed by atoms with E-state index >= 15 is 0 Å². The van der Waals surface area contributed by atoms with Crippen molar-refractivity contribution in [1.29, 1.82) is 0 Å². The van der Waals surface area contributed by atoms with Crippen LogP contribution in [0.4, 0.5) is 0 Å². The number of amides is 1. The molecule has 0 saturated carbocycles. The molecular formula is C12H24N2O3. The number of ether oxygens (including phenoxy) is 1. The SMILES string of the molecule is COCCNC(=O)C(C)N1CCC(CO)CC1. The number of carbonyl (C=O) groups excluding carboxylic acids is 1. The van der Waals surface area contributed by atoms with Crippen LogP contribution in [-0.2, 0) is 9.53 Å². The Kier molecular flexibility index (Phi) is 6.47. The van der Waals surface area contributed by atoms with Crippen molar-refractivity contribution in [3.63, 3.8) is 0 Å². The smallest absolute Gasteiger partial charge is 0.237 e. The van der Waals surface area contributed by atoms with Crippen LogP contribution in [0.1, 0.15) is 19.8 Å². The summed E-state index contributed by atoms with van der Waals surface area (Å²) in [5.41, 5.74) is 0. The molecule has 1 amide bonds. The van der Waals surface area contributed by atoms with Crippen LogP contribution >= 0.6 is 0 Å².